The third-order valence-electron chi connectivity index (χ3n) is 3.42. The number of hydrogen-bond donors (Lipinski definition) is 1. The molecule has 0 atom stereocenters. The van der Waals surface area contributed by atoms with Gasteiger partial charge >= 0.3 is 0 Å². The van der Waals surface area contributed by atoms with E-state index < -0.39 is 0 Å². The summed E-state index contributed by atoms with van der Waals surface area (Å²) in [7, 11) is 0. The van der Waals surface area contributed by atoms with Crippen molar-refractivity contribution in [2.24, 2.45) is 0 Å². The lowest BCUT2D eigenvalue weighted by atomic mass is 10.3. The molecular formula is C17H14N2O4S2. The minimum absolute atomic E-state index is 0.0645. The lowest BCUT2D eigenvalue weighted by molar-refractivity contribution is -0.113. The molecule has 0 saturated heterocycles. The summed E-state index contributed by atoms with van der Waals surface area (Å²) in [6, 6.07) is 9.07. The minimum Gasteiger partial charge on any atom is -0.462 e. The quantitative estimate of drug-likeness (QED) is 0.703. The molecule has 1 aliphatic rings. The van der Waals surface area contributed by atoms with Gasteiger partial charge in [-0.2, -0.15) is 0 Å². The van der Waals surface area contributed by atoms with E-state index in [4.69, 9.17) is 13.9 Å². The largest absolute Gasteiger partial charge is 0.462 e. The summed E-state index contributed by atoms with van der Waals surface area (Å²) < 4.78 is 15.9. The fraction of sp³-hybridized carbons (Fsp3) is 0.176. The van der Waals surface area contributed by atoms with Crippen LogP contribution in [-0.2, 0) is 10.5 Å². The summed E-state index contributed by atoms with van der Waals surface area (Å²) in [6.45, 7) is 0.218. The molecule has 3 aromatic rings. The summed E-state index contributed by atoms with van der Waals surface area (Å²) in [5.74, 6) is 3.07. The smallest absolute Gasteiger partial charge is 0.234 e. The zero-order chi connectivity index (χ0) is 17.1. The highest BCUT2D eigenvalue weighted by Gasteiger charge is 2.14. The van der Waals surface area contributed by atoms with Crippen LogP contribution in [0.2, 0.25) is 0 Å². The predicted molar refractivity (Wildman–Crippen MR) is 97.2 cm³/mol. The van der Waals surface area contributed by atoms with Gasteiger partial charge in [0.05, 0.1) is 17.7 Å². The van der Waals surface area contributed by atoms with Crippen molar-refractivity contribution in [1.29, 1.82) is 0 Å². The molecule has 0 radical (unpaired) electrons. The summed E-state index contributed by atoms with van der Waals surface area (Å²) in [5.41, 5.74) is 1.64. The van der Waals surface area contributed by atoms with Crippen molar-refractivity contribution in [2.45, 2.75) is 5.75 Å². The molecule has 3 heterocycles. The molecule has 0 fully saturated rings. The van der Waals surface area contributed by atoms with E-state index in [1.54, 1.807) is 24.5 Å². The fourth-order valence-corrected chi connectivity index (χ4v) is 3.91. The molecule has 2 aromatic heterocycles. The van der Waals surface area contributed by atoms with Crippen molar-refractivity contribution in [3.05, 3.63) is 47.7 Å². The molecule has 8 heteroatoms. The molecule has 25 heavy (non-hydrogen) atoms. The maximum atomic E-state index is 12.1. The molecule has 1 N–H and O–H groups in total. The van der Waals surface area contributed by atoms with E-state index in [1.165, 1.54) is 23.1 Å². The number of ether oxygens (including phenoxy) is 2. The van der Waals surface area contributed by atoms with Crippen LogP contribution in [0.15, 0.2) is 46.4 Å². The number of hydrogen-bond acceptors (Lipinski definition) is 7. The highest BCUT2D eigenvalue weighted by molar-refractivity contribution is 7.99. The van der Waals surface area contributed by atoms with Crippen molar-refractivity contribution < 1.29 is 18.7 Å². The van der Waals surface area contributed by atoms with E-state index in [0.29, 0.717) is 28.7 Å². The molecule has 1 amide bonds. The molecule has 1 aliphatic heterocycles. The Hall–Kier alpha value is -2.45. The summed E-state index contributed by atoms with van der Waals surface area (Å²) in [6.07, 6.45) is 1.63. The van der Waals surface area contributed by atoms with Crippen molar-refractivity contribution in [2.75, 3.05) is 17.9 Å². The third-order valence-corrected chi connectivity index (χ3v) is 5.29. The molecule has 0 aliphatic carbocycles. The van der Waals surface area contributed by atoms with Gasteiger partial charge in [-0.05, 0) is 24.3 Å². The Bertz CT molecular complexity index is 877. The first-order chi connectivity index (χ1) is 12.3. The number of furan rings is 1. The second kappa shape index (κ2) is 7.20. The van der Waals surface area contributed by atoms with Crippen molar-refractivity contribution in [3.8, 4) is 22.3 Å². The number of thioether (sulfide) groups is 1. The topological polar surface area (TPSA) is 73.6 Å². The molecule has 128 valence electrons. The number of carbonyl (C=O) groups excluding carboxylic acids is 1. The first-order valence-electron chi connectivity index (χ1n) is 7.53. The minimum atomic E-state index is -0.0645. The average molecular weight is 374 g/mol. The molecule has 0 spiro atoms. The Morgan fingerprint density at radius 2 is 2.20 bits per heavy atom. The number of fused-ring (bicyclic) bond motifs is 1. The van der Waals surface area contributed by atoms with Crippen LogP contribution in [0, 0.1) is 0 Å². The van der Waals surface area contributed by atoms with Gasteiger partial charge in [0.2, 0.25) is 12.7 Å². The van der Waals surface area contributed by atoms with Crippen LogP contribution in [0.25, 0.3) is 10.8 Å². The van der Waals surface area contributed by atoms with Crippen molar-refractivity contribution in [3.63, 3.8) is 0 Å². The number of nitrogens with zero attached hydrogens (tertiary/aromatic N) is 1. The van der Waals surface area contributed by atoms with E-state index in [-0.39, 0.29) is 12.7 Å². The number of aromatic nitrogens is 1. The standard InChI is InChI=1S/C17H14N2O4S2/c20-16(18-11-3-4-13-15(6-11)23-10-22-13)9-24-7-12-8-25-17(19-12)14-2-1-5-21-14/h1-6,8H,7,9-10H2,(H,18,20). The van der Waals surface area contributed by atoms with Gasteiger partial charge in [-0.3, -0.25) is 4.79 Å². The normalized spacial score (nSPS) is 12.3. The first kappa shape index (κ1) is 16.0. The fourth-order valence-electron chi connectivity index (χ4n) is 2.31. The number of thiazole rings is 1. The number of anilines is 1. The second-order valence-electron chi connectivity index (χ2n) is 5.23. The van der Waals surface area contributed by atoms with E-state index in [2.05, 4.69) is 10.3 Å². The zero-order valence-corrected chi connectivity index (χ0v) is 14.7. The van der Waals surface area contributed by atoms with Gasteiger partial charge in [0.15, 0.2) is 22.3 Å². The highest BCUT2D eigenvalue weighted by atomic mass is 32.2. The van der Waals surface area contributed by atoms with E-state index in [9.17, 15) is 4.79 Å². The molecule has 1 aromatic carbocycles. The number of amides is 1. The molecule has 0 saturated carbocycles. The number of rotatable bonds is 6. The SMILES string of the molecule is O=C(CSCc1csc(-c2ccco2)n1)Nc1ccc2c(c1)OCO2. The Labute approximate surface area is 152 Å². The average Bonchev–Trinajstić information content (AvgIpc) is 3.35. The monoisotopic (exact) mass is 374 g/mol. The van der Waals surface area contributed by atoms with Crippen LogP contribution in [0.5, 0.6) is 11.5 Å². The lowest BCUT2D eigenvalue weighted by Gasteiger charge is -2.05. The number of benzene rings is 1. The van der Waals surface area contributed by atoms with E-state index >= 15 is 0 Å². The molecule has 4 rings (SSSR count). The van der Waals surface area contributed by atoms with Crippen LogP contribution in [0.3, 0.4) is 0 Å². The Morgan fingerprint density at radius 3 is 3.08 bits per heavy atom. The Balaban J connectivity index is 1.26. The second-order valence-corrected chi connectivity index (χ2v) is 7.07. The third kappa shape index (κ3) is 3.80. The summed E-state index contributed by atoms with van der Waals surface area (Å²) in [5, 5.41) is 5.70. The molecule has 0 bridgehead atoms. The molecular weight excluding hydrogens is 360 g/mol. The summed E-state index contributed by atoms with van der Waals surface area (Å²) >= 11 is 3.05. The maximum absolute atomic E-state index is 12.1. The number of carbonyl (C=O) groups is 1. The number of nitrogens with one attached hydrogen (secondary N) is 1. The van der Waals surface area contributed by atoms with Crippen LogP contribution in [0.4, 0.5) is 5.69 Å². The van der Waals surface area contributed by atoms with Gasteiger partial charge in [0, 0.05) is 22.9 Å². The van der Waals surface area contributed by atoms with Crippen LogP contribution in [0.1, 0.15) is 5.69 Å². The van der Waals surface area contributed by atoms with Crippen LogP contribution >= 0.6 is 23.1 Å². The van der Waals surface area contributed by atoms with Gasteiger partial charge in [-0.15, -0.1) is 23.1 Å². The van der Waals surface area contributed by atoms with Gasteiger partial charge in [-0.1, -0.05) is 0 Å². The maximum Gasteiger partial charge on any atom is 0.234 e. The molecule has 0 unspecified atom stereocenters. The Kier molecular flexibility index (Phi) is 4.62. The predicted octanol–water partition coefficient (Wildman–Crippen LogP) is 4.00. The van der Waals surface area contributed by atoms with Crippen molar-refractivity contribution >= 4 is 34.7 Å². The van der Waals surface area contributed by atoms with Crippen molar-refractivity contribution in [1.82, 2.24) is 4.98 Å². The Morgan fingerprint density at radius 1 is 1.28 bits per heavy atom. The summed E-state index contributed by atoms with van der Waals surface area (Å²) in [4.78, 5) is 16.6. The van der Waals surface area contributed by atoms with Gasteiger partial charge in [-0.25, -0.2) is 4.98 Å². The zero-order valence-electron chi connectivity index (χ0n) is 13.1. The lowest BCUT2D eigenvalue weighted by Crippen LogP contribution is -2.14. The highest BCUT2D eigenvalue weighted by Crippen LogP contribution is 2.34. The molecule has 6 nitrogen and oxygen atoms in total. The van der Waals surface area contributed by atoms with Crippen LogP contribution < -0.4 is 14.8 Å². The van der Waals surface area contributed by atoms with Gasteiger partial charge < -0.3 is 19.2 Å². The van der Waals surface area contributed by atoms with E-state index in [1.807, 2.05) is 17.5 Å². The van der Waals surface area contributed by atoms with Gasteiger partial charge in [0.1, 0.15) is 0 Å². The van der Waals surface area contributed by atoms with Gasteiger partial charge in [0.25, 0.3) is 0 Å². The van der Waals surface area contributed by atoms with E-state index in [0.717, 1.165) is 16.5 Å². The first-order valence-corrected chi connectivity index (χ1v) is 9.57. The van der Waals surface area contributed by atoms with Crippen LogP contribution in [-0.4, -0.2) is 23.4 Å².